The van der Waals surface area contributed by atoms with Gasteiger partial charge in [-0.15, -0.1) is 0 Å². The van der Waals surface area contributed by atoms with Crippen molar-refractivity contribution in [3.8, 4) is 0 Å². The Labute approximate surface area is 98.2 Å². The van der Waals surface area contributed by atoms with Gasteiger partial charge in [0.1, 0.15) is 0 Å². The molecule has 1 aliphatic rings. The van der Waals surface area contributed by atoms with Crippen LogP contribution in [0, 0.1) is 0 Å². The van der Waals surface area contributed by atoms with Crippen LogP contribution in [0.1, 0.15) is 0 Å². The summed E-state index contributed by atoms with van der Waals surface area (Å²) in [6.45, 7) is 2.73. The van der Waals surface area contributed by atoms with Crippen LogP contribution < -0.4 is 10.7 Å². The molecule has 0 saturated carbocycles. The molecule has 0 N–H and O–H groups in total. The number of rotatable bonds is 1. The van der Waals surface area contributed by atoms with Gasteiger partial charge in [0.05, 0.1) is 31.8 Å². The van der Waals surface area contributed by atoms with E-state index in [0.29, 0.717) is 13.2 Å². The lowest BCUT2D eigenvalue weighted by Crippen LogP contribution is -2.49. The molecule has 0 radical (unpaired) electrons. The van der Waals surface area contributed by atoms with Crippen molar-refractivity contribution in [1.82, 2.24) is 9.66 Å². The van der Waals surface area contributed by atoms with Crippen LogP contribution in [0.3, 0.4) is 0 Å². The van der Waals surface area contributed by atoms with Gasteiger partial charge in [-0.25, -0.2) is 9.47 Å². The Morgan fingerprint density at radius 1 is 1.18 bits per heavy atom. The number of hydrogen-bond donors (Lipinski definition) is 0. The van der Waals surface area contributed by atoms with E-state index in [1.807, 2.05) is 29.3 Å². The quantitative estimate of drug-likeness (QED) is 0.711. The van der Waals surface area contributed by atoms with Gasteiger partial charge < -0.3 is 9.75 Å². The normalized spacial score (nSPS) is 16.4. The Morgan fingerprint density at radius 2 is 1.94 bits per heavy atom. The first-order valence-electron chi connectivity index (χ1n) is 5.66. The Hall–Kier alpha value is -1.88. The summed E-state index contributed by atoms with van der Waals surface area (Å²) < 4.78 is 6.95. The molecule has 2 heterocycles. The number of nitrogens with zero attached hydrogens (tertiary/aromatic N) is 3. The molecular formula is C12H13N3O2. The number of hydrogen-bond acceptors (Lipinski definition) is 4. The van der Waals surface area contributed by atoms with Crippen molar-refractivity contribution in [2.24, 2.45) is 0 Å². The molecule has 1 aliphatic heterocycles. The molecule has 2 aromatic rings. The summed E-state index contributed by atoms with van der Waals surface area (Å²) in [7, 11) is 0. The highest BCUT2D eigenvalue weighted by molar-refractivity contribution is 5.78. The van der Waals surface area contributed by atoms with Crippen LogP contribution in [0.5, 0.6) is 0 Å². The lowest BCUT2D eigenvalue weighted by atomic mass is 10.2. The van der Waals surface area contributed by atoms with E-state index < -0.39 is 0 Å². The fraction of sp³-hybridized carbons (Fsp3) is 0.333. The molecule has 0 bridgehead atoms. The lowest BCUT2D eigenvalue weighted by molar-refractivity contribution is 0.111. The van der Waals surface area contributed by atoms with Crippen molar-refractivity contribution < 1.29 is 4.74 Å². The molecule has 3 rings (SSSR count). The van der Waals surface area contributed by atoms with Crippen molar-refractivity contribution in [3.63, 3.8) is 0 Å². The second kappa shape index (κ2) is 4.18. The van der Waals surface area contributed by atoms with Crippen molar-refractivity contribution in [1.29, 1.82) is 0 Å². The zero-order valence-electron chi connectivity index (χ0n) is 9.37. The maximum absolute atomic E-state index is 11.9. The van der Waals surface area contributed by atoms with Gasteiger partial charge in [-0.1, -0.05) is 18.2 Å². The minimum absolute atomic E-state index is 0.231. The van der Waals surface area contributed by atoms with E-state index in [1.165, 1.54) is 0 Å². The minimum atomic E-state index is -0.231. The summed E-state index contributed by atoms with van der Waals surface area (Å²) >= 11 is 0. The highest BCUT2D eigenvalue weighted by Crippen LogP contribution is 2.10. The molecule has 0 atom stereocenters. The number of benzene rings is 1. The average molecular weight is 231 g/mol. The van der Waals surface area contributed by atoms with E-state index in [-0.39, 0.29) is 5.69 Å². The van der Waals surface area contributed by atoms with Gasteiger partial charge >= 0.3 is 5.69 Å². The molecule has 5 nitrogen and oxygen atoms in total. The van der Waals surface area contributed by atoms with Gasteiger partial charge in [0.2, 0.25) is 0 Å². The van der Waals surface area contributed by atoms with Crippen molar-refractivity contribution >= 4 is 10.9 Å². The maximum atomic E-state index is 11.9. The first-order valence-corrected chi connectivity index (χ1v) is 5.66. The van der Waals surface area contributed by atoms with Gasteiger partial charge in [-0.3, -0.25) is 0 Å². The summed E-state index contributed by atoms with van der Waals surface area (Å²) in [5.74, 6) is 0. The zero-order valence-corrected chi connectivity index (χ0v) is 9.37. The van der Waals surface area contributed by atoms with E-state index in [4.69, 9.17) is 4.74 Å². The van der Waals surface area contributed by atoms with Gasteiger partial charge in [-0.2, -0.15) is 4.98 Å². The average Bonchev–Trinajstić information content (AvgIpc) is 2.39. The van der Waals surface area contributed by atoms with Crippen molar-refractivity contribution in [2.45, 2.75) is 0 Å². The molecule has 1 aromatic heterocycles. The van der Waals surface area contributed by atoms with Gasteiger partial charge in [-0.05, 0) is 6.07 Å². The second-order valence-corrected chi connectivity index (χ2v) is 3.98. The summed E-state index contributed by atoms with van der Waals surface area (Å²) in [4.78, 5) is 15.8. The first-order chi connectivity index (χ1) is 8.36. The number of aromatic nitrogens is 2. The highest BCUT2D eigenvalue weighted by Gasteiger charge is 2.14. The number of ether oxygens (including phenoxy) is 1. The SMILES string of the molecule is O=c1ncc2ccccc2n1N1CCOCC1. The van der Waals surface area contributed by atoms with Crippen LogP contribution in [-0.2, 0) is 4.74 Å². The Morgan fingerprint density at radius 3 is 2.76 bits per heavy atom. The predicted octanol–water partition coefficient (Wildman–Crippen LogP) is 0.365. The van der Waals surface area contributed by atoms with Crippen LogP contribution >= 0.6 is 0 Å². The first kappa shape index (κ1) is 10.3. The zero-order chi connectivity index (χ0) is 11.7. The van der Waals surface area contributed by atoms with Crippen molar-refractivity contribution in [3.05, 3.63) is 40.9 Å². The predicted molar refractivity (Wildman–Crippen MR) is 64.8 cm³/mol. The summed E-state index contributed by atoms with van der Waals surface area (Å²) in [6, 6.07) is 7.77. The molecule has 1 aromatic carbocycles. The second-order valence-electron chi connectivity index (χ2n) is 3.98. The molecule has 0 amide bonds. The van der Waals surface area contributed by atoms with Gasteiger partial charge in [0, 0.05) is 11.6 Å². The maximum Gasteiger partial charge on any atom is 0.366 e. The molecule has 0 unspecified atom stereocenters. The van der Waals surface area contributed by atoms with E-state index in [2.05, 4.69) is 4.98 Å². The Balaban J connectivity index is 2.19. The molecule has 17 heavy (non-hydrogen) atoms. The lowest BCUT2D eigenvalue weighted by Gasteiger charge is -2.30. The van der Waals surface area contributed by atoms with Crippen molar-refractivity contribution in [2.75, 3.05) is 31.3 Å². The Kier molecular flexibility index (Phi) is 2.53. The molecule has 1 saturated heterocycles. The van der Waals surface area contributed by atoms with E-state index in [9.17, 15) is 4.79 Å². The fourth-order valence-corrected chi connectivity index (χ4v) is 2.10. The third kappa shape index (κ3) is 1.78. The van der Waals surface area contributed by atoms with Crippen LogP contribution in [0.4, 0.5) is 0 Å². The monoisotopic (exact) mass is 231 g/mol. The van der Waals surface area contributed by atoms with E-state index >= 15 is 0 Å². The third-order valence-corrected chi connectivity index (χ3v) is 2.93. The topological polar surface area (TPSA) is 47.4 Å². The number of morpholine rings is 1. The third-order valence-electron chi connectivity index (χ3n) is 2.93. The standard InChI is InChI=1S/C12H13N3O2/c16-12-13-9-10-3-1-2-4-11(10)15(12)14-5-7-17-8-6-14/h1-4,9H,5-8H2. The molecule has 88 valence electrons. The smallest absolute Gasteiger partial charge is 0.366 e. The Bertz CT molecular complexity index is 588. The number of fused-ring (bicyclic) bond motifs is 1. The molecule has 0 aliphatic carbocycles. The molecule has 5 heteroatoms. The summed E-state index contributed by atoms with van der Waals surface area (Å²) in [5.41, 5.74) is 0.667. The van der Waals surface area contributed by atoms with Crippen LogP contribution in [0.2, 0.25) is 0 Å². The summed E-state index contributed by atoms with van der Waals surface area (Å²) in [6.07, 6.45) is 1.62. The molecule has 0 spiro atoms. The minimum Gasteiger partial charge on any atom is -0.378 e. The molecular weight excluding hydrogens is 218 g/mol. The van der Waals surface area contributed by atoms with Crippen LogP contribution in [0.15, 0.2) is 35.3 Å². The number of para-hydroxylation sites is 1. The van der Waals surface area contributed by atoms with Crippen LogP contribution in [-0.4, -0.2) is 36.0 Å². The van der Waals surface area contributed by atoms with E-state index in [0.717, 1.165) is 24.0 Å². The van der Waals surface area contributed by atoms with E-state index in [1.54, 1.807) is 10.9 Å². The highest BCUT2D eigenvalue weighted by atomic mass is 16.5. The van der Waals surface area contributed by atoms with Gasteiger partial charge in [0.15, 0.2) is 0 Å². The fourth-order valence-electron chi connectivity index (χ4n) is 2.10. The largest absolute Gasteiger partial charge is 0.378 e. The van der Waals surface area contributed by atoms with Gasteiger partial charge in [0.25, 0.3) is 0 Å². The molecule has 1 fully saturated rings. The van der Waals surface area contributed by atoms with Crippen LogP contribution in [0.25, 0.3) is 10.9 Å². The summed E-state index contributed by atoms with van der Waals surface area (Å²) in [5, 5.41) is 2.96.